The lowest BCUT2D eigenvalue weighted by Gasteiger charge is -2.30. The lowest BCUT2D eigenvalue weighted by atomic mass is 9.70. The molecule has 3 nitrogen and oxygen atoms in total. The Bertz CT molecular complexity index is 1590. The molecule has 0 unspecified atom stereocenters. The molecule has 5 aromatic rings. The molecule has 0 radical (unpaired) electrons. The molecule has 3 heteroatoms. The summed E-state index contributed by atoms with van der Waals surface area (Å²) in [6, 6.07) is 41.9. The van der Waals surface area contributed by atoms with Gasteiger partial charge in [0.05, 0.1) is 11.1 Å². The van der Waals surface area contributed by atoms with Crippen molar-refractivity contribution in [2.24, 2.45) is 0 Å². The number of hydrogen-bond donors (Lipinski definition) is 1. The second-order valence-electron chi connectivity index (χ2n) is 9.30. The third-order valence-corrected chi connectivity index (χ3v) is 7.47. The van der Waals surface area contributed by atoms with Crippen molar-refractivity contribution >= 4 is 11.8 Å². The van der Waals surface area contributed by atoms with Gasteiger partial charge in [0, 0.05) is 5.56 Å². The average molecular weight is 466 g/mol. The van der Waals surface area contributed by atoms with E-state index in [9.17, 15) is 4.79 Å². The molecule has 2 aliphatic rings. The Hall–Kier alpha value is -4.63. The summed E-state index contributed by atoms with van der Waals surface area (Å²) in [5.74, 6) is 0. The van der Waals surface area contributed by atoms with E-state index in [1.54, 1.807) is 0 Å². The molecule has 2 aliphatic carbocycles. The van der Waals surface area contributed by atoms with Crippen LogP contribution < -0.4 is 5.32 Å². The maximum Gasteiger partial charge on any atom is 0.411 e. The van der Waals surface area contributed by atoms with Gasteiger partial charge < -0.3 is 4.74 Å². The highest BCUT2D eigenvalue weighted by Gasteiger charge is 2.51. The molecule has 0 atom stereocenters. The number of anilines is 1. The first-order chi connectivity index (χ1) is 17.8. The van der Waals surface area contributed by atoms with Crippen LogP contribution in [0.25, 0.3) is 22.3 Å². The third kappa shape index (κ3) is 2.83. The van der Waals surface area contributed by atoms with E-state index in [1.807, 2.05) is 42.5 Å². The van der Waals surface area contributed by atoms with Crippen molar-refractivity contribution in [3.05, 3.63) is 149 Å². The van der Waals surface area contributed by atoms with Crippen molar-refractivity contribution < 1.29 is 9.53 Å². The Morgan fingerprint density at radius 2 is 1.11 bits per heavy atom. The fourth-order valence-electron chi connectivity index (χ4n) is 6.12. The van der Waals surface area contributed by atoms with Gasteiger partial charge in [0.2, 0.25) is 0 Å². The number of benzene rings is 5. The predicted octanol–water partition coefficient (Wildman–Crippen LogP) is 7.78. The second-order valence-corrected chi connectivity index (χ2v) is 9.30. The van der Waals surface area contributed by atoms with Crippen LogP contribution in [-0.4, -0.2) is 6.09 Å². The van der Waals surface area contributed by atoms with Gasteiger partial charge in [-0.25, -0.2) is 4.79 Å². The summed E-state index contributed by atoms with van der Waals surface area (Å²) in [6.45, 7) is 0.225. The SMILES string of the molecule is O=C(Nc1cccc2c1-c1ccccc1C21c2ccccc2-c2ccccc21)OCc1ccccc1. The Labute approximate surface area is 210 Å². The third-order valence-electron chi connectivity index (χ3n) is 7.47. The number of hydrogen-bond acceptors (Lipinski definition) is 2. The zero-order chi connectivity index (χ0) is 24.1. The zero-order valence-electron chi connectivity index (χ0n) is 19.6. The summed E-state index contributed by atoms with van der Waals surface area (Å²) in [7, 11) is 0. The fourth-order valence-corrected chi connectivity index (χ4v) is 6.12. The second kappa shape index (κ2) is 7.96. The topological polar surface area (TPSA) is 38.3 Å². The van der Waals surface area contributed by atoms with Gasteiger partial charge in [0.1, 0.15) is 6.61 Å². The van der Waals surface area contributed by atoms with Gasteiger partial charge in [-0.15, -0.1) is 0 Å². The largest absolute Gasteiger partial charge is 0.444 e. The molecule has 0 fully saturated rings. The van der Waals surface area contributed by atoms with Crippen LogP contribution in [0.1, 0.15) is 27.8 Å². The van der Waals surface area contributed by atoms with Crippen molar-refractivity contribution in [2.75, 3.05) is 5.32 Å². The molecule has 0 aromatic heterocycles. The average Bonchev–Trinajstić information content (AvgIpc) is 3.41. The molecule has 0 bridgehead atoms. The number of amides is 1. The summed E-state index contributed by atoms with van der Waals surface area (Å²) in [5, 5.41) is 3.05. The lowest BCUT2D eigenvalue weighted by molar-refractivity contribution is 0.155. The summed E-state index contributed by atoms with van der Waals surface area (Å²) in [4.78, 5) is 12.9. The van der Waals surface area contributed by atoms with Gasteiger partial charge in [-0.1, -0.05) is 115 Å². The minimum absolute atomic E-state index is 0.225. The molecule has 0 heterocycles. The maximum absolute atomic E-state index is 12.9. The Kier molecular flexibility index (Phi) is 4.58. The summed E-state index contributed by atoms with van der Waals surface area (Å²) in [5.41, 5.74) is 11.0. The summed E-state index contributed by atoms with van der Waals surface area (Å²) >= 11 is 0. The highest BCUT2D eigenvalue weighted by atomic mass is 16.5. The number of fused-ring (bicyclic) bond motifs is 10. The van der Waals surface area contributed by atoms with Crippen molar-refractivity contribution in [1.82, 2.24) is 0 Å². The molecule has 1 N–H and O–H groups in total. The quantitative estimate of drug-likeness (QED) is 0.289. The van der Waals surface area contributed by atoms with E-state index < -0.39 is 11.5 Å². The van der Waals surface area contributed by atoms with E-state index in [0.29, 0.717) is 0 Å². The van der Waals surface area contributed by atoms with Gasteiger partial charge in [-0.3, -0.25) is 5.32 Å². The number of ether oxygens (including phenoxy) is 1. The molecule has 1 spiro atoms. The minimum atomic E-state index is -0.460. The highest BCUT2D eigenvalue weighted by Crippen LogP contribution is 2.63. The Balaban J connectivity index is 1.38. The summed E-state index contributed by atoms with van der Waals surface area (Å²) < 4.78 is 5.56. The number of carbonyl (C=O) groups is 1. The summed E-state index contributed by atoms with van der Waals surface area (Å²) in [6.07, 6.45) is -0.460. The molecular formula is C33H23NO2. The minimum Gasteiger partial charge on any atom is -0.444 e. The van der Waals surface area contributed by atoms with Crippen molar-refractivity contribution in [1.29, 1.82) is 0 Å². The molecule has 7 rings (SSSR count). The van der Waals surface area contributed by atoms with E-state index in [4.69, 9.17) is 4.74 Å². The number of nitrogens with one attached hydrogen (secondary N) is 1. The van der Waals surface area contributed by atoms with Crippen LogP contribution in [0.5, 0.6) is 0 Å². The monoisotopic (exact) mass is 465 g/mol. The molecule has 36 heavy (non-hydrogen) atoms. The Morgan fingerprint density at radius 1 is 0.583 bits per heavy atom. The van der Waals surface area contributed by atoms with Crippen molar-refractivity contribution in [3.8, 4) is 22.3 Å². The zero-order valence-corrected chi connectivity index (χ0v) is 19.6. The van der Waals surface area contributed by atoms with Crippen LogP contribution in [0, 0.1) is 0 Å². The van der Waals surface area contributed by atoms with E-state index in [2.05, 4.69) is 84.2 Å². The van der Waals surface area contributed by atoms with Gasteiger partial charge in [-0.05, 0) is 50.6 Å². The van der Waals surface area contributed by atoms with Crippen LogP contribution in [0.4, 0.5) is 10.5 Å². The predicted molar refractivity (Wildman–Crippen MR) is 143 cm³/mol. The maximum atomic E-state index is 12.9. The van der Waals surface area contributed by atoms with Gasteiger partial charge in [0.15, 0.2) is 0 Å². The molecular weight excluding hydrogens is 442 g/mol. The van der Waals surface area contributed by atoms with E-state index >= 15 is 0 Å². The van der Waals surface area contributed by atoms with Crippen LogP contribution in [-0.2, 0) is 16.8 Å². The van der Waals surface area contributed by atoms with Crippen LogP contribution in [0.3, 0.4) is 0 Å². The van der Waals surface area contributed by atoms with E-state index in [0.717, 1.165) is 22.4 Å². The van der Waals surface area contributed by atoms with E-state index in [-0.39, 0.29) is 6.61 Å². The van der Waals surface area contributed by atoms with E-state index in [1.165, 1.54) is 33.4 Å². The first-order valence-electron chi connectivity index (χ1n) is 12.2. The number of carbonyl (C=O) groups excluding carboxylic acids is 1. The van der Waals surface area contributed by atoms with Crippen LogP contribution >= 0.6 is 0 Å². The molecule has 5 aromatic carbocycles. The van der Waals surface area contributed by atoms with Crippen LogP contribution in [0.15, 0.2) is 121 Å². The molecule has 0 saturated heterocycles. The molecule has 1 amide bonds. The molecule has 172 valence electrons. The Morgan fingerprint density at radius 3 is 1.78 bits per heavy atom. The lowest BCUT2D eigenvalue weighted by Crippen LogP contribution is -2.25. The number of rotatable bonds is 3. The first kappa shape index (κ1) is 20.7. The first-order valence-corrected chi connectivity index (χ1v) is 12.2. The van der Waals surface area contributed by atoms with Gasteiger partial charge >= 0.3 is 6.09 Å². The molecule has 0 saturated carbocycles. The van der Waals surface area contributed by atoms with Crippen LogP contribution in [0.2, 0.25) is 0 Å². The normalized spacial score (nSPS) is 13.4. The van der Waals surface area contributed by atoms with Crippen molar-refractivity contribution in [3.63, 3.8) is 0 Å². The van der Waals surface area contributed by atoms with Crippen molar-refractivity contribution in [2.45, 2.75) is 12.0 Å². The standard InChI is InChI=1S/C33H23NO2/c35-32(36-21-22-11-2-1-3-12-22)34-30-20-10-19-29-31(30)25-15-6-9-18-28(25)33(29)26-16-7-4-13-23(26)24-14-5-8-17-27(24)33/h1-20H,21H2,(H,34,35). The van der Waals surface area contributed by atoms with Gasteiger partial charge in [-0.2, -0.15) is 0 Å². The fraction of sp³-hybridized carbons (Fsp3) is 0.0606. The van der Waals surface area contributed by atoms with Gasteiger partial charge in [0.25, 0.3) is 0 Å². The smallest absolute Gasteiger partial charge is 0.411 e. The highest BCUT2D eigenvalue weighted by molar-refractivity contribution is 6.01. The molecule has 0 aliphatic heterocycles.